The van der Waals surface area contributed by atoms with Gasteiger partial charge in [0.25, 0.3) is 5.56 Å². The molecule has 2 aromatic carbocycles. The second-order valence-electron chi connectivity index (χ2n) is 6.09. The first-order chi connectivity index (χ1) is 14.0. The van der Waals surface area contributed by atoms with Crippen LogP contribution in [-0.4, -0.2) is 21.8 Å². The van der Waals surface area contributed by atoms with Crippen LogP contribution in [0.4, 0.5) is 0 Å². The molecule has 144 valence electrons. The molecule has 8 heteroatoms. The fourth-order valence-corrected chi connectivity index (χ4v) is 3.13. The van der Waals surface area contributed by atoms with E-state index in [-0.39, 0.29) is 17.1 Å². The van der Waals surface area contributed by atoms with Crippen molar-refractivity contribution < 1.29 is 13.9 Å². The summed E-state index contributed by atoms with van der Waals surface area (Å²) in [6.07, 6.45) is 2.84. The fraction of sp³-hybridized carbons (Fsp3) is 0.0476. The predicted molar refractivity (Wildman–Crippen MR) is 112 cm³/mol. The molecule has 0 saturated carbocycles. The highest BCUT2D eigenvalue weighted by molar-refractivity contribution is 9.10. The molecule has 0 atom stereocenters. The second kappa shape index (κ2) is 7.84. The van der Waals surface area contributed by atoms with Gasteiger partial charge >= 0.3 is 5.97 Å². The van der Waals surface area contributed by atoms with E-state index in [1.165, 1.54) is 23.2 Å². The number of halogens is 1. The Bertz CT molecular complexity index is 1290. The minimum atomic E-state index is -0.632. The molecule has 2 heterocycles. The molecule has 0 radical (unpaired) electrons. The van der Waals surface area contributed by atoms with Crippen LogP contribution in [0.2, 0.25) is 0 Å². The van der Waals surface area contributed by atoms with E-state index < -0.39 is 5.97 Å². The number of aryl methyl sites for hydroxylation is 1. The van der Waals surface area contributed by atoms with E-state index in [1.54, 1.807) is 49.4 Å². The molecule has 0 fully saturated rings. The molecule has 0 aliphatic rings. The van der Waals surface area contributed by atoms with E-state index in [2.05, 4.69) is 26.0 Å². The maximum Gasteiger partial charge on any atom is 0.379 e. The number of nitrogens with zero attached hydrogens (tertiary/aromatic N) is 3. The van der Waals surface area contributed by atoms with E-state index >= 15 is 0 Å². The normalized spacial score (nSPS) is 11.2. The van der Waals surface area contributed by atoms with Gasteiger partial charge in [-0.3, -0.25) is 4.79 Å². The van der Waals surface area contributed by atoms with E-state index in [4.69, 9.17) is 9.15 Å². The first kappa shape index (κ1) is 18.8. The van der Waals surface area contributed by atoms with Crippen LogP contribution in [-0.2, 0) is 0 Å². The van der Waals surface area contributed by atoms with Gasteiger partial charge in [-0.15, -0.1) is 0 Å². The summed E-state index contributed by atoms with van der Waals surface area (Å²) in [7, 11) is 0. The molecule has 0 spiro atoms. The van der Waals surface area contributed by atoms with Crippen LogP contribution >= 0.6 is 15.9 Å². The van der Waals surface area contributed by atoms with Gasteiger partial charge in [-0.25, -0.2) is 9.78 Å². The summed E-state index contributed by atoms with van der Waals surface area (Å²) in [5, 5.41) is 4.75. The quantitative estimate of drug-likeness (QED) is 0.264. The largest absolute Gasteiger partial charge is 0.457 e. The zero-order chi connectivity index (χ0) is 20.4. The molecule has 4 aromatic rings. The number of rotatable bonds is 4. The Morgan fingerprint density at radius 1 is 1.21 bits per heavy atom. The molecule has 0 aliphatic carbocycles. The number of benzene rings is 2. The smallest absolute Gasteiger partial charge is 0.379 e. The van der Waals surface area contributed by atoms with Crippen molar-refractivity contribution in [2.45, 2.75) is 6.92 Å². The molecule has 0 unspecified atom stereocenters. The predicted octanol–water partition coefficient (Wildman–Crippen LogP) is 4.16. The van der Waals surface area contributed by atoms with E-state index in [1.807, 2.05) is 6.07 Å². The highest BCUT2D eigenvalue weighted by Gasteiger charge is 2.14. The first-order valence-corrected chi connectivity index (χ1v) is 9.40. The van der Waals surface area contributed by atoms with Gasteiger partial charge in [0.15, 0.2) is 0 Å². The molecule has 0 N–H and O–H groups in total. The first-order valence-electron chi connectivity index (χ1n) is 8.61. The average molecular weight is 452 g/mol. The fourth-order valence-electron chi connectivity index (χ4n) is 2.75. The molecule has 0 saturated heterocycles. The maximum atomic E-state index is 12.8. The van der Waals surface area contributed by atoms with Crippen molar-refractivity contribution in [2.24, 2.45) is 5.10 Å². The van der Waals surface area contributed by atoms with Gasteiger partial charge < -0.3 is 9.15 Å². The minimum Gasteiger partial charge on any atom is -0.457 e. The number of fused-ring (bicyclic) bond motifs is 1. The molecule has 0 amide bonds. The third kappa shape index (κ3) is 3.88. The van der Waals surface area contributed by atoms with Crippen LogP contribution < -0.4 is 10.3 Å². The van der Waals surface area contributed by atoms with Crippen molar-refractivity contribution >= 4 is 39.0 Å². The number of ether oxygens (including phenoxy) is 1. The van der Waals surface area contributed by atoms with Gasteiger partial charge in [-0.1, -0.05) is 28.1 Å². The number of hydrogen-bond acceptors (Lipinski definition) is 6. The molecule has 7 nitrogen and oxygen atoms in total. The second-order valence-corrected chi connectivity index (χ2v) is 7.00. The Labute approximate surface area is 173 Å². The van der Waals surface area contributed by atoms with Crippen molar-refractivity contribution in [3.05, 3.63) is 92.8 Å². The average Bonchev–Trinajstić information content (AvgIpc) is 3.24. The summed E-state index contributed by atoms with van der Waals surface area (Å²) in [4.78, 5) is 29.4. The zero-order valence-corrected chi connectivity index (χ0v) is 16.8. The number of para-hydroxylation sites is 1. The number of hydrogen-bond donors (Lipinski definition) is 0. The van der Waals surface area contributed by atoms with Crippen LogP contribution in [0.25, 0.3) is 10.9 Å². The molecular formula is C21H14BrN3O4. The summed E-state index contributed by atoms with van der Waals surface area (Å²) < 4.78 is 12.4. The maximum absolute atomic E-state index is 12.8. The summed E-state index contributed by atoms with van der Waals surface area (Å²) in [5.41, 5.74) is 0.823. The van der Waals surface area contributed by atoms with Crippen LogP contribution in [0, 0.1) is 6.92 Å². The van der Waals surface area contributed by atoms with Crippen molar-refractivity contribution in [1.82, 2.24) is 9.66 Å². The molecule has 29 heavy (non-hydrogen) atoms. The van der Waals surface area contributed by atoms with E-state index in [9.17, 15) is 9.59 Å². The zero-order valence-electron chi connectivity index (χ0n) is 15.2. The Hall–Kier alpha value is -3.52. The van der Waals surface area contributed by atoms with Gasteiger partial charge in [-0.05, 0) is 49.4 Å². The Kier molecular flexibility index (Phi) is 5.09. The number of esters is 1. The van der Waals surface area contributed by atoms with Crippen LogP contribution in [0.15, 0.2) is 79.6 Å². The Morgan fingerprint density at radius 2 is 2.03 bits per heavy atom. The number of carbonyl (C=O) groups excluding carboxylic acids is 1. The standard InChI is InChI=1S/C21H14BrN3O4/c1-13-24-17-6-3-2-5-16(17)20(26)25(13)23-12-14-11-15(22)8-9-18(14)29-21(27)19-7-4-10-28-19/h2-12H,1H3. The topological polar surface area (TPSA) is 86.7 Å². The molecular weight excluding hydrogens is 438 g/mol. The molecule has 4 rings (SSSR count). The lowest BCUT2D eigenvalue weighted by Crippen LogP contribution is -2.20. The van der Waals surface area contributed by atoms with Crippen LogP contribution in [0.3, 0.4) is 0 Å². The van der Waals surface area contributed by atoms with Gasteiger partial charge in [0.1, 0.15) is 11.6 Å². The molecule has 2 aromatic heterocycles. The van der Waals surface area contributed by atoms with Crippen molar-refractivity contribution in [1.29, 1.82) is 0 Å². The number of carbonyl (C=O) groups is 1. The Morgan fingerprint density at radius 3 is 2.83 bits per heavy atom. The van der Waals surface area contributed by atoms with Gasteiger partial charge in [0, 0.05) is 10.0 Å². The summed E-state index contributed by atoms with van der Waals surface area (Å²) in [5.74, 6) is 0.168. The molecule has 0 aliphatic heterocycles. The lowest BCUT2D eigenvalue weighted by molar-refractivity contribution is 0.0701. The van der Waals surface area contributed by atoms with E-state index in [0.717, 1.165) is 4.47 Å². The third-order valence-corrected chi connectivity index (χ3v) is 4.62. The SMILES string of the molecule is Cc1nc2ccccc2c(=O)n1N=Cc1cc(Br)ccc1OC(=O)c1ccco1. The van der Waals surface area contributed by atoms with Crippen LogP contribution in [0.5, 0.6) is 5.75 Å². The highest BCUT2D eigenvalue weighted by Crippen LogP contribution is 2.23. The van der Waals surface area contributed by atoms with E-state index in [0.29, 0.717) is 22.3 Å². The third-order valence-electron chi connectivity index (χ3n) is 4.12. The summed E-state index contributed by atoms with van der Waals surface area (Å²) >= 11 is 3.39. The van der Waals surface area contributed by atoms with Crippen molar-refractivity contribution in [2.75, 3.05) is 0 Å². The lowest BCUT2D eigenvalue weighted by Gasteiger charge is -2.08. The van der Waals surface area contributed by atoms with Crippen molar-refractivity contribution in [3.8, 4) is 5.75 Å². The minimum absolute atomic E-state index is 0.0848. The van der Waals surface area contributed by atoms with Crippen LogP contribution in [0.1, 0.15) is 21.9 Å². The van der Waals surface area contributed by atoms with Gasteiger partial charge in [-0.2, -0.15) is 9.78 Å². The lowest BCUT2D eigenvalue weighted by atomic mass is 10.2. The molecule has 0 bridgehead atoms. The monoisotopic (exact) mass is 451 g/mol. The highest BCUT2D eigenvalue weighted by atomic mass is 79.9. The van der Waals surface area contributed by atoms with Crippen molar-refractivity contribution in [3.63, 3.8) is 0 Å². The Balaban J connectivity index is 1.72. The number of furan rings is 1. The number of aromatic nitrogens is 2. The summed E-state index contributed by atoms with van der Waals surface area (Å²) in [6.45, 7) is 1.70. The van der Waals surface area contributed by atoms with Gasteiger partial charge in [0.05, 0.1) is 23.4 Å². The summed E-state index contributed by atoms with van der Waals surface area (Å²) in [6, 6.07) is 15.3. The van der Waals surface area contributed by atoms with Gasteiger partial charge in [0.2, 0.25) is 5.76 Å².